The maximum absolute atomic E-state index is 13.9. The maximum Gasteiger partial charge on any atom is 0.266 e. The lowest BCUT2D eigenvalue weighted by Gasteiger charge is -2.12. The molecule has 0 saturated heterocycles. The highest BCUT2D eigenvalue weighted by Gasteiger charge is 2.14. The summed E-state index contributed by atoms with van der Waals surface area (Å²) in [5.74, 6) is -0.447. The minimum absolute atomic E-state index is 0.0196. The molecule has 3 aromatic rings. The predicted octanol–water partition coefficient (Wildman–Crippen LogP) is 6.33. The molecule has 4 nitrogen and oxygen atoms in total. The Balaban J connectivity index is 1.87. The second kappa shape index (κ2) is 10.1. The monoisotopic (exact) mass is 478 g/mol. The van der Waals surface area contributed by atoms with Crippen molar-refractivity contribution in [3.8, 4) is 11.8 Å². The van der Waals surface area contributed by atoms with Gasteiger partial charge in [0.1, 0.15) is 29.8 Å². The highest BCUT2D eigenvalue weighted by molar-refractivity contribution is 9.10. The molecule has 0 aromatic heterocycles. The molecule has 3 rings (SSSR count). The van der Waals surface area contributed by atoms with Gasteiger partial charge in [-0.2, -0.15) is 5.26 Å². The summed E-state index contributed by atoms with van der Waals surface area (Å²) in [6.45, 7) is 3.88. The van der Waals surface area contributed by atoms with Crippen molar-refractivity contribution in [3.63, 3.8) is 0 Å². The quantitative estimate of drug-likeness (QED) is 0.332. The number of rotatable bonds is 6. The number of nitrogens with one attached hydrogen (secondary N) is 1. The van der Waals surface area contributed by atoms with E-state index in [-0.39, 0.29) is 18.0 Å². The van der Waals surface area contributed by atoms with Crippen LogP contribution in [0.2, 0.25) is 0 Å². The molecule has 1 amide bonds. The van der Waals surface area contributed by atoms with Crippen molar-refractivity contribution in [3.05, 3.63) is 98.8 Å². The Morgan fingerprint density at radius 2 is 1.94 bits per heavy atom. The van der Waals surface area contributed by atoms with E-state index in [0.29, 0.717) is 22.6 Å². The molecule has 31 heavy (non-hydrogen) atoms. The van der Waals surface area contributed by atoms with Gasteiger partial charge in [0.2, 0.25) is 0 Å². The predicted molar refractivity (Wildman–Crippen MR) is 123 cm³/mol. The summed E-state index contributed by atoms with van der Waals surface area (Å²) in [4.78, 5) is 12.7. The largest absolute Gasteiger partial charge is 0.488 e. The maximum atomic E-state index is 13.9. The van der Waals surface area contributed by atoms with Gasteiger partial charge in [-0.1, -0.05) is 46.3 Å². The number of nitriles is 1. The van der Waals surface area contributed by atoms with Crippen LogP contribution in [-0.4, -0.2) is 5.91 Å². The number of aryl methyl sites for hydroxylation is 1. The zero-order valence-electron chi connectivity index (χ0n) is 17.1. The highest BCUT2D eigenvalue weighted by Crippen LogP contribution is 2.27. The highest BCUT2D eigenvalue weighted by atomic mass is 79.9. The molecular formula is C25H20BrFN2O2. The van der Waals surface area contributed by atoms with Crippen LogP contribution in [0.1, 0.15) is 22.3 Å². The number of amides is 1. The molecule has 0 heterocycles. The Labute approximate surface area is 189 Å². The molecule has 1 N–H and O–H groups in total. The van der Waals surface area contributed by atoms with Crippen LogP contribution in [0, 0.1) is 31.0 Å². The first kappa shape index (κ1) is 22.3. The molecule has 6 heteroatoms. The van der Waals surface area contributed by atoms with Crippen molar-refractivity contribution in [1.29, 1.82) is 5.26 Å². The zero-order valence-corrected chi connectivity index (χ0v) is 18.7. The van der Waals surface area contributed by atoms with E-state index < -0.39 is 5.91 Å². The van der Waals surface area contributed by atoms with E-state index in [4.69, 9.17) is 4.74 Å². The van der Waals surface area contributed by atoms with Gasteiger partial charge < -0.3 is 10.1 Å². The number of halogens is 2. The molecule has 0 aliphatic heterocycles. The van der Waals surface area contributed by atoms with Crippen molar-refractivity contribution in [2.75, 3.05) is 5.32 Å². The molecule has 0 saturated carbocycles. The van der Waals surface area contributed by atoms with Crippen molar-refractivity contribution >= 4 is 33.6 Å². The van der Waals surface area contributed by atoms with Gasteiger partial charge in [-0.25, -0.2) is 4.39 Å². The van der Waals surface area contributed by atoms with Gasteiger partial charge in [0.25, 0.3) is 5.91 Å². The second-order valence-electron chi connectivity index (χ2n) is 6.93. The summed E-state index contributed by atoms with van der Waals surface area (Å²) >= 11 is 3.40. The smallest absolute Gasteiger partial charge is 0.266 e. The number of hydrogen-bond donors (Lipinski definition) is 1. The first-order valence-electron chi connectivity index (χ1n) is 9.54. The Morgan fingerprint density at radius 1 is 1.16 bits per heavy atom. The van der Waals surface area contributed by atoms with Crippen molar-refractivity contribution in [2.45, 2.75) is 20.5 Å². The van der Waals surface area contributed by atoms with Crippen molar-refractivity contribution in [2.24, 2.45) is 0 Å². The molecule has 0 fully saturated rings. The summed E-state index contributed by atoms with van der Waals surface area (Å²) in [6, 6.07) is 19.1. The third-order valence-electron chi connectivity index (χ3n) is 4.83. The first-order valence-corrected chi connectivity index (χ1v) is 10.3. The van der Waals surface area contributed by atoms with E-state index in [1.807, 2.05) is 32.0 Å². The second-order valence-corrected chi connectivity index (χ2v) is 7.85. The number of hydrogen-bond acceptors (Lipinski definition) is 3. The SMILES string of the molecule is Cc1cccc(NC(=O)/C(C#N)=C/c2cc(Br)ccc2OCc2ccccc2F)c1C. The van der Waals surface area contributed by atoms with Crippen LogP contribution in [0.15, 0.2) is 70.7 Å². The summed E-state index contributed by atoms with van der Waals surface area (Å²) < 4.78 is 20.4. The fourth-order valence-electron chi connectivity index (χ4n) is 2.91. The topological polar surface area (TPSA) is 62.1 Å². The van der Waals surface area contributed by atoms with Gasteiger partial charge in [-0.15, -0.1) is 0 Å². The van der Waals surface area contributed by atoms with Gasteiger partial charge in [0.05, 0.1) is 0 Å². The average Bonchev–Trinajstić information content (AvgIpc) is 2.75. The zero-order chi connectivity index (χ0) is 22.4. The number of nitrogens with zero attached hydrogens (tertiary/aromatic N) is 1. The molecule has 0 unspecified atom stereocenters. The molecule has 0 bridgehead atoms. The molecule has 0 aliphatic rings. The standard InChI is InChI=1S/C25H20BrFN2O2/c1-16-6-5-9-23(17(16)2)29-25(30)20(14-28)12-19-13-21(26)10-11-24(19)31-15-18-7-3-4-8-22(18)27/h3-13H,15H2,1-2H3,(H,29,30)/b20-12+. The normalized spacial score (nSPS) is 11.0. The van der Waals surface area contributed by atoms with E-state index in [2.05, 4.69) is 21.2 Å². The van der Waals surface area contributed by atoms with E-state index >= 15 is 0 Å². The summed E-state index contributed by atoms with van der Waals surface area (Å²) in [5, 5.41) is 12.4. The molecule has 156 valence electrons. The fourth-order valence-corrected chi connectivity index (χ4v) is 3.29. The Hall–Kier alpha value is -3.43. The molecule has 0 aliphatic carbocycles. The van der Waals surface area contributed by atoms with Gasteiger partial charge in [-0.05, 0) is 61.4 Å². The van der Waals surface area contributed by atoms with E-state index in [0.717, 1.165) is 15.6 Å². The Kier molecular flexibility index (Phi) is 7.22. The van der Waals surface area contributed by atoms with Crippen LogP contribution in [0.25, 0.3) is 6.08 Å². The van der Waals surface area contributed by atoms with Gasteiger partial charge in [0.15, 0.2) is 0 Å². The minimum Gasteiger partial charge on any atom is -0.488 e. The molecular weight excluding hydrogens is 459 g/mol. The molecule has 0 atom stereocenters. The summed E-state index contributed by atoms with van der Waals surface area (Å²) in [6.07, 6.45) is 1.46. The first-order chi connectivity index (χ1) is 14.9. The number of carbonyl (C=O) groups excluding carboxylic acids is 1. The fraction of sp³-hybridized carbons (Fsp3) is 0.120. The lowest BCUT2D eigenvalue weighted by Crippen LogP contribution is -2.14. The van der Waals surface area contributed by atoms with Crippen LogP contribution in [-0.2, 0) is 11.4 Å². The van der Waals surface area contributed by atoms with Crippen molar-refractivity contribution in [1.82, 2.24) is 0 Å². The van der Waals surface area contributed by atoms with Gasteiger partial charge in [0, 0.05) is 21.3 Å². The number of carbonyl (C=O) groups is 1. The Bertz CT molecular complexity index is 1200. The number of ether oxygens (including phenoxy) is 1. The van der Waals surface area contributed by atoms with Gasteiger partial charge >= 0.3 is 0 Å². The van der Waals surface area contributed by atoms with E-state index in [1.165, 1.54) is 12.1 Å². The van der Waals surface area contributed by atoms with Crippen molar-refractivity contribution < 1.29 is 13.9 Å². The van der Waals surface area contributed by atoms with Crippen LogP contribution in [0.3, 0.4) is 0 Å². The minimum atomic E-state index is -0.517. The molecule has 0 spiro atoms. The molecule has 3 aromatic carbocycles. The lowest BCUT2D eigenvalue weighted by atomic mass is 10.1. The average molecular weight is 479 g/mol. The van der Waals surface area contributed by atoms with E-state index in [1.54, 1.807) is 42.5 Å². The third-order valence-corrected chi connectivity index (χ3v) is 5.32. The number of anilines is 1. The number of benzene rings is 3. The van der Waals surface area contributed by atoms with Crippen LogP contribution in [0.5, 0.6) is 5.75 Å². The van der Waals surface area contributed by atoms with Gasteiger partial charge in [-0.3, -0.25) is 4.79 Å². The summed E-state index contributed by atoms with van der Waals surface area (Å²) in [5.41, 5.74) is 3.48. The van der Waals surface area contributed by atoms with E-state index in [9.17, 15) is 14.4 Å². The van der Waals surface area contributed by atoms with Crippen LogP contribution >= 0.6 is 15.9 Å². The summed E-state index contributed by atoms with van der Waals surface area (Å²) in [7, 11) is 0. The lowest BCUT2D eigenvalue weighted by molar-refractivity contribution is -0.112. The van der Waals surface area contributed by atoms with Crippen LogP contribution < -0.4 is 10.1 Å². The molecule has 0 radical (unpaired) electrons. The van der Waals surface area contributed by atoms with Crippen LogP contribution in [0.4, 0.5) is 10.1 Å². The Morgan fingerprint density at radius 3 is 2.68 bits per heavy atom. The third kappa shape index (κ3) is 5.59.